The van der Waals surface area contributed by atoms with Gasteiger partial charge in [0.15, 0.2) is 0 Å². The summed E-state index contributed by atoms with van der Waals surface area (Å²) in [4.78, 5) is 29.6. The van der Waals surface area contributed by atoms with Gasteiger partial charge in [0.1, 0.15) is 0 Å². The van der Waals surface area contributed by atoms with Crippen LogP contribution in [0.1, 0.15) is 58.7 Å². The van der Waals surface area contributed by atoms with Crippen LogP contribution in [-0.4, -0.2) is 9.97 Å². The van der Waals surface area contributed by atoms with Gasteiger partial charge in [-0.25, -0.2) is 4.79 Å². The molecule has 1 heterocycles. The lowest BCUT2D eigenvalue weighted by Gasteiger charge is -2.25. The minimum absolute atomic E-state index is 0.146. The van der Waals surface area contributed by atoms with Crippen LogP contribution in [0.25, 0.3) is 5.57 Å². The van der Waals surface area contributed by atoms with E-state index in [1.165, 1.54) is 12.1 Å². The summed E-state index contributed by atoms with van der Waals surface area (Å²) in [6, 6.07) is 13.8. The minimum atomic E-state index is -4.43. The van der Waals surface area contributed by atoms with E-state index in [9.17, 15) is 22.8 Å². The average molecular weight is 440 g/mol. The molecule has 0 bridgehead atoms. The van der Waals surface area contributed by atoms with Crippen molar-refractivity contribution in [3.05, 3.63) is 109 Å². The number of alkyl halides is 3. The molecular formula is C25H23F3N2O2. The Morgan fingerprint density at radius 1 is 1.03 bits per heavy atom. The average Bonchev–Trinajstić information content (AvgIpc) is 2.76. The Balaban J connectivity index is 1.67. The first-order valence-corrected chi connectivity index (χ1v) is 10.5. The van der Waals surface area contributed by atoms with Crippen LogP contribution in [-0.2, 0) is 12.6 Å². The zero-order chi connectivity index (χ0) is 22.9. The van der Waals surface area contributed by atoms with E-state index in [0.717, 1.165) is 5.56 Å². The second kappa shape index (κ2) is 8.65. The van der Waals surface area contributed by atoms with Gasteiger partial charge in [0.25, 0.3) is 5.56 Å². The SMILES string of the molecule is Cc1ccc(C2=CC[C@H](c3[nH]c(=O)[nH]c(=O)c3Cc3ccccc3)CC2)c(C(F)(F)F)c1. The molecule has 0 saturated heterocycles. The van der Waals surface area contributed by atoms with E-state index in [0.29, 0.717) is 48.1 Å². The monoisotopic (exact) mass is 440 g/mol. The van der Waals surface area contributed by atoms with Gasteiger partial charge in [0.2, 0.25) is 0 Å². The number of rotatable bonds is 4. The van der Waals surface area contributed by atoms with Crippen molar-refractivity contribution in [1.29, 1.82) is 0 Å². The largest absolute Gasteiger partial charge is 0.417 e. The van der Waals surface area contributed by atoms with Crippen molar-refractivity contribution in [3.8, 4) is 0 Å². The van der Waals surface area contributed by atoms with Gasteiger partial charge < -0.3 is 4.98 Å². The number of allylic oxidation sites excluding steroid dienone is 2. The summed E-state index contributed by atoms with van der Waals surface area (Å²) >= 11 is 0. The first-order chi connectivity index (χ1) is 15.2. The number of aryl methyl sites for hydroxylation is 1. The van der Waals surface area contributed by atoms with E-state index < -0.39 is 23.0 Å². The van der Waals surface area contributed by atoms with Crippen molar-refractivity contribution in [3.63, 3.8) is 0 Å². The zero-order valence-corrected chi connectivity index (χ0v) is 17.6. The van der Waals surface area contributed by atoms with Crippen LogP contribution in [0.3, 0.4) is 0 Å². The molecule has 1 aromatic heterocycles. The topological polar surface area (TPSA) is 65.7 Å². The summed E-state index contributed by atoms with van der Waals surface area (Å²) in [5, 5.41) is 0. The maximum absolute atomic E-state index is 13.6. The lowest BCUT2D eigenvalue weighted by molar-refractivity contribution is -0.137. The van der Waals surface area contributed by atoms with E-state index in [2.05, 4.69) is 9.97 Å². The summed E-state index contributed by atoms with van der Waals surface area (Å²) in [6.07, 6.45) is -0.846. The highest BCUT2D eigenvalue weighted by Gasteiger charge is 2.35. The van der Waals surface area contributed by atoms with Gasteiger partial charge in [-0.3, -0.25) is 9.78 Å². The smallest absolute Gasteiger partial charge is 0.311 e. The number of halogens is 3. The molecule has 0 aliphatic heterocycles. The normalized spacial score (nSPS) is 16.6. The Kier molecular flexibility index (Phi) is 5.91. The van der Waals surface area contributed by atoms with E-state index in [4.69, 9.17) is 0 Å². The number of hydrogen-bond donors (Lipinski definition) is 2. The molecule has 0 fully saturated rings. The van der Waals surface area contributed by atoms with Gasteiger partial charge in [-0.15, -0.1) is 0 Å². The van der Waals surface area contributed by atoms with Crippen molar-refractivity contribution in [1.82, 2.24) is 9.97 Å². The summed E-state index contributed by atoms with van der Waals surface area (Å²) in [7, 11) is 0. The summed E-state index contributed by atoms with van der Waals surface area (Å²) in [5.74, 6) is -0.146. The molecule has 32 heavy (non-hydrogen) atoms. The van der Waals surface area contributed by atoms with Crippen LogP contribution in [0, 0.1) is 6.92 Å². The highest BCUT2D eigenvalue weighted by molar-refractivity contribution is 5.70. The summed E-state index contributed by atoms with van der Waals surface area (Å²) in [6.45, 7) is 1.64. The second-order valence-corrected chi connectivity index (χ2v) is 8.21. The molecule has 4 rings (SSSR count). The minimum Gasteiger partial charge on any atom is -0.311 e. The maximum atomic E-state index is 13.6. The molecule has 2 aromatic carbocycles. The molecule has 3 aromatic rings. The maximum Gasteiger partial charge on any atom is 0.417 e. The van der Waals surface area contributed by atoms with Crippen LogP contribution in [0.2, 0.25) is 0 Å². The fourth-order valence-electron chi connectivity index (χ4n) is 4.37. The van der Waals surface area contributed by atoms with Gasteiger partial charge in [0.05, 0.1) is 5.56 Å². The van der Waals surface area contributed by atoms with Crippen LogP contribution in [0.4, 0.5) is 13.2 Å². The summed E-state index contributed by atoms with van der Waals surface area (Å²) < 4.78 is 40.7. The predicted molar refractivity (Wildman–Crippen MR) is 118 cm³/mol. The molecule has 1 aliphatic carbocycles. The van der Waals surface area contributed by atoms with Crippen LogP contribution < -0.4 is 11.2 Å². The van der Waals surface area contributed by atoms with Gasteiger partial charge in [-0.2, -0.15) is 13.2 Å². The van der Waals surface area contributed by atoms with Crippen LogP contribution in [0.5, 0.6) is 0 Å². The van der Waals surface area contributed by atoms with Gasteiger partial charge in [-0.1, -0.05) is 54.1 Å². The molecule has 7 heteroatoms. The molecule has 0 unspecified atom stereocenters. The van der Waals surface area contributed by atoms with Crippen molar-refractivity contribution < 1.29 is 13.2 Å². The Morgan fingerprint density at radius 2 is 1.78 bits per heavy atom. The number of H-pyrrole nitrogens is 2. The fraction of sp³-hybridized carbons (Fsp3) is 0.280. The fourth-order valence-corrected chi connectivity index (χ4v) is 4.37. The molecular weight excluding hydrogens is 417 g/mol. The first kappa shape index (κ1) is 21.9. The quantitative estimate of drug-likeness (QED) is 0.576. The first-order valence-electron chi connectivity index (χ1n) is 10.5. The van der Waals surface area contributed by atoms with E-state index in [1.54, 1.807) is 19.1 Å². The summed E-state index contributed by atoms with van der Waals surface area (Å²) in [5.41, 5.74) is 1.76. The molecule has 0 amide bonds. The number of hydrogen-bond acceptors (Lipinski definition) is 2. The van der Waals surface area contributed by atoms with Crippen molar-refractivity contribution in [2.75, 3.05) is 0 Å². The van der Waals surface area contributed by atoms with Gasteiger partial charge >= 0.3 is 11.9 Å². The number of aromatic amines is 2. The lowest BCUT2D eigenvalue weighted by Crippen LogP contribution is -2.30. The molecule has 1 atom stereocenters. The Hall–Kier alpha value is -3.35. The van der Waals surface area contributed by atoms with Crippen molar-refractivity contribution in [2.24, 2.45) is 0 Å². The van der Waals surface area contributed by atoms with E-state index in [1.807, 2.05) is 30.3 Å². The number of benzene rings is 2. The van der Waals surface area contributed by atoms with E-state index in [-0.39, 0.29) is 11.5 Å². The van der Waals surface area contributed by atoms with Gasteiger partial charge in [-0.05, 0) is 49.0 Å². The predicted octanol–water partition coefficient (Wildman–Crippen LogP) is 5.33. The number of aromatic nitrogens is 2. The molecule has 2 N–H and O–H groups in total. The van der Waals surface area contributed by atoms with Crippen molar-refractivity contribution in [2.45, 2.75) is 44.7 Å². The standard InChI is InChI=1S/C25H23F3N2O2/c1-15-7-12-19(21(13-15)25(26,27)28)17-8-10-18(11-9-17)22-20(23(31)30-24(32)29-22)14-16-5-3-2-4-6-16/h2-8,12-13,18H,9-11,14H2,1H3,(H2,29,30,31,32)/t18-/m0/s1. The van der Waals surface area contributed by atoms with Gasteiger partial charge in [0, 0.05) is 23.6 Å². The van der Waals surface area contributed by atoms with Crippen molar-refractivity contribution >= 4 is 5.57 Å². The number of nitrogens with one attached hydrogen (secondary N) is 2. The molecule has 0 saturated carbocycles. The Morgan fingerprint density at radius 3 is 2.44 bits per heavy atom. The lowest BCUT2D eigenvalue weighted by atomic mass is 9.81. The molecule has 0 spiro atoms. The van der Waals surface area contributed by atoms with E-state index >= 15 is 0 Å². The van der Waals surface area contributed by atoms with Crippen LogP contribution in [0.15, 0.2) is 64.2 Å². The molecule has 166 valence electrons. The second-order valence-electron chi connectivity index (χ2n) is 8.21. The highest BCUT2D eigenvalue weighted by Crippen LogP contribution is 2.41. The Bertz CT molecular complexity index is 1270. The molecule has 4 nitrogen and oxygen atoms in total. The van der Waals surface area contributed by atoms with Crippen LogP contribution >= 0.6 is 0 Å². The third kappa shape index (κ3) is 4.61. The third-order valence-electron chi connectivity index (χ3n) is 5.94. The third-order valence-corrected chi connectivity index (χ3v) is 5.94. The molecule has 1 aliphatic rings. The highest BCUT2D eigenvalue weighted by atomic mass is 19.4. The zero-order valence-electron chi connectivity index (χ0n) is 17.6. The molecule has 0 radical (unpaired) electrons. The Labute approximate surface area is 182 Å².